The van der Waals surface area contributed by atoms with Gasteiger partial charge in [-0.1, -0.05) is 32.6 Å². The highest BCUT2D eigenvalue weighted by Crippen LogP contribution is 2.04. The zero-order valence-corrected chi connectivity index (χ0v) is 10.9. The number of aliphatic hydroxyl groups is 1. The van der Waals surface area contributed by atoms with Crippen molar-refractivity contribution in [2.24, 2.45) is 11.5 Å². The van der Waals surface area contributed by atoms with Gasteiger partial charge in [-0.05, 0) is 19.4 Å². The van der Waals surface area contributed by atoms with Crippen LogP contribution in [0.5, 0.6) is 0 Å². The standard InChI is InChI=1S/C8H16O2.C4H12N2O/c1-2-3-4-5-6-7-8(9)10;5-2-1-4(7)3-6/h2-7H2,1H3,(H,9,10);4,7H,1-3,5-6H2. The van der Waals surface area contributed by atoms with Crippen molar-refractivity contribution in [1.29, 1.82) is 0 Å². The summed E-state index contributed by atoms with van der Waals surface area (Å²) in [4.78, 5) is 10.0. The Bertz CT molecular complexity index is 166. The number of carboxylic acid groups (broad SMARTS) is 1. The largest absolute Gasteiger partial charge is 0.481 e. The summed E-state index contributed by atoms with van der Waals surface area (Å²) in [5.41, 5.74) is 10.1. The molecule has 0 amide bonds. The quantitative estimate of drug-likeness (QED) is 0.457. The van der Waals surface area contributed by atoms with Crippen molar-refractivity contribution in [2.45, 2.75) is 58.0 Å². The van der Waals surface area contributed by atoms with Crippen LogP contribution in [0, 0.1) is 0 Å². The molecule has 0 fully saturated rings. The van der Waals surface area contributed by atoms with Crippen LogP contribution >= 0.6 is 0 Å². The van der Waals surface area contributed by atoms with Crippen LogP contribution in [0.2, 0.25) is 0 Å². The van der Waals surface area contributed by atoms with E-state index in [4.69, 9.17) is 21.7 Å². The van der Waals surface area contributed by atoms with Crippen LogP contribution in [-0.4, -0.2) is 35.4 Å². The number of carboxylic acids is 1. The lowest BCUT2D eigenvalue weighted by molar-refractivity contribution is -0.137. The average Bonchev–Trinajstić information content (AvgIpc) is 2.29. The lowest BCUT2D eigenvalue weighted by Crippen LogP contribution is -2.22. The van der Waals surface area contributed by atoms with Gasteiger partial charge in [0.15, 0.2) is 0 Å². The van der Waals surface area contributed by atoms with Crippen LogP contribution in [0.3, 0.4) is 0 Å². The Morgan fingerprint density at radius 1 is 1.18 bits per heavy atom. The normalized spacial score (nSPS) is 11.5. The number of rotatable bonds is 9. The van der Waals surface area contributed by atoms with Crippen molar-refractivity contribution >= 4 is 5.97 Å². The molecule has 0 aliphatic carbocycles. The summed E-state index contributed by atoms with van der Waals surface area (Å²) < 4.78 is 0. The van der Waals surface area contributed by atoms with E-state index in [0.29, 0.717) is 25.9 Å². The molecular weight excluding hydrogens is 220 g/mol. The van der Waals surface area contributed by atoms with Crippen LogP contribution in [-0.2, 0) is 4.79 Å². The number of carbonyl (C=O) groups is 1. The smallest absolute Gasteiger partial charge is 0.303 e. The van der Waals surface area contributed by atoms with Gasteiger partial charge in [0, 0.05) is 13.0 Å². The second-order valence-electron chi connectivity index (χ2n) is 4.02. The van der Waals surface area contributed by atoms with E-state index in [1.54, 1.807) is 0 Å². The third-order valence-electron chi connectivity index (χ3n) is 2.27. The molecule has 0 aromatic carbocycles. The molecule has 17 heavy (non-hydrogen) atoms. The van der Waals surface area contributed by atoms with Gasteiger partial charge >= 0.3 is 5.97 Å². The molecule has 0 aliphatic rings. The van der Waals surface area contributed by atoms with Gasteiger partial charge in [0.2, 0.25) is 0 Å². The van der Waals surface area contributed by atoms with Gasteiger partial charge in [-0.2, -0.15) is 0 Å². The van der Waals surface area contributed by atoms with E-state index < -0.39 is 12.1 Å². The fourth-order valence-electron chi connectivity index (χ4n) is 1.19. The minimum absolute atomic E-state index is 0.317. The molecular formula is C12H28N2O3. The molecule has 104 valence electrons. The van der Waals surface area contributed by atoms with Crippen LogP contribution in [0.4, 0.5) is 0 Å². The van der Waals surface area contributed by atoms with E-state index >= 15 is 0 Å². The molecule has 5 heteroatoms. The average molecular weight is 248 g/mol. The second kappa shape index (κ2) is 15.4. The maximum atomic E-state index is 10.0. The SMILES string of the molecule is CCCCCCCC(=O)O.NCCC(O)CN. The summed E-state index contributed by atoms with van der Waals surface area (Å²) >= 11 is 0. The molecule has 0 bridgehead atoms. The summed E-state index contributed by atoms with van der Waals surface area (Å²) in [7, 11) is 0. The maximum Gasteiger partial charge on any atom is 0.303 e. The topological polar surface area (TPSA) is 110 Å². The van der Waals surface area contributed by atoms with Crippen LogP contribution in [0.15, 0.2) is 0 Å². The van der Waals surface area contributed by atoms with Crippen molar-refractivity contribution in [2.75, 3.05) is 13.1 Å². The Labute approximate surface area is 104 Å². The first-order valence-electron chi connectivity index (χ1n) is 6.38. The van der Waals surface area contributed by atoms with E-state index in [1.165, 1.54) is 19.3 Å². The first-order valence-corrected chi connectivity index (χ1v) is 6.38. The fourth-order valence-corrected chi connectivity index (χ4v) is 1.19. The lowest BCUT2D eigenvalue weighted by Gasteiger charge is -2.01. The Balaban J connectivity index is 0. The second-order valence-corrected chi connectivity index (χ2v) is 4.02. The first kappa shape index (κ1) is 18.7. The lowest BCUT2D eigenvalue weighted by atomic mass is 10.1. The predicted molar refractivity (Wildman–Crippen MR) is 69.7 cm³/mol. The summed E-state index contributed by atoms with van der Waals surface area (Å²) in [5, 5.41) is 16.9. The number of hydrogen-bond donors (Lipinski definition) is 4. The molecule has 0 radical (unpaired) electrons. The highest BCUT2D eigenvalue weighted by molar-refractivity contribution is 5.66. The van der Waals surface area contributed by atoms with Crippen molar-refractivity contribution in [1.82, 2.24) is 0 Å². The van der Waals surface area contributed by atoms with Crippen molar-refractivity contribution in [3.63, 3.8) is 0 Å². The highest BCUT2D eigenvalue weighted by Gasteiger charge is 1.95. The number of aliphatic hydroxyl groups excluding tert-OH is 1. The Morgan fingerprint density at radius 2 is 1.76 bits per heavy atom. The molecule has 0 saturated carbocycles. The van der Waals surface area contributed by atoms with E-state index in [0.717, 1.165) is 12.8 Å². The Hall–Kier alpha value is -0.650. The Kier molecular flexibility index (Phi) is 16.9. The van der Waals surface area contributed by atoms with Gasteiger partial charge in [0.25, 0.3) is 0 Å². The molecule has 0 rings (SSSR count). The zero-order valence-electron chi connectivity index (χ0n) is 10.9. The molecule has 0 saturated heterocycles. The van der Waals surface area contributed by atoms with Gasteiger partial charge < -0.3 is 21.7 Å². The summed E-state index contributed by atoms with van der Waals surface area (Å²) in [6, 6.07) is 0. The maximum absolute atomic E-state index is 10.0. The minimum Gasteiger partial charge on any atom is -0.481 e. The molecule has 1 atom stereocenters. The van der Waals surface area contributed by atoms with Crippen molar-refractivity contribution in [3.8, 4) is 0 Å². The molecule has 0 spiro atoms. The molecule has 0 aromatic heterocycles. The minimum atomic E-state index is -0.670. The summed E-state index contributed by atoms with van der Waals surface area (Å²) in [6.07, 6.45) is 6.09. The number of unbranched alkanes of at least 4 members (excludes halogenated alkanes) is 4. The number of hydrogen-bond acceptors (Lipinski definition) is 4. The van der Waals surface area contributed by atoms with E-state index in [9.17, 15) is 4.79 Å². The van der Waals surface area contributed by atoms with E-state index in [-0.39, 0.29) is 0 Å². The fraction of sp³-hybridized carbons (Fsp3) is 0.917. The third-order valence-corrected chi connectivity index (χ3v) is 2.27. The molecule has 0 aliphatic heterocycles. The number of aliphatic carboxylic acids is 1. The zero-order chi connectivity index (χ0) is 13.5. The first-order chi connectivity index (χ1) is 8.08. The monoisotopic (exact) mass is 248 g/mol. The van der Waals surface area contributed by atoms with Crippen LogP contribution in [0.25, 0.3) is 0 Å². The van der Waals surface area contributed by atoms with Crippen LogP contribution in [0.1, 0.15) is 51.9 Å². The van der Waals surface area contributed by atoms with Gasteiger partial charge in [-0.3, -0.25) is 4.79 Å². The predicted octanol–water partition coefficient (Wildman–Crippen LogP) is 1.09. The van der Waals surface area contributed by atoms with Gasteiger partial charge in [0.05, 0.1) is 6.10 Å². The van der Waals surface area contributed by atoms with Crippen molar-refractivity contribution < 1.29 is 15.0 Å². The molecule has 1 unspecified atom stereocenters. The van der Waals surface area contributed by atoms with Crippen LogP contribution < -0.4 is 11.5 Å². The highest BCUT2D eigenvalue weighted by atomic mass is 16.4. The summed E-state index contributed by atoms with van der Waals surface area (Å²) in [5.74, 6) is -0.670. The van der Waals surface area contributed by atoms with Gasteiger partial charge in [-0.25, -0.2) is 0 Å². The van der Waals surface area contributed by atoms with E-state index in [2.05, 4.69) is 6.92 Å². The van der Waals surface area contributed by atoms with Gasteiger partial charge in [0.1, 0.15) is 0 Å². The number of nitrogens with two attached hydrogens (primary N) is 2. The van der Waals surface area contributed by atoms with Crippen molar-refractivity contribution in [3.05, 3.63) is 0 Å². The van der Waals surface area contributed by atoms with E-state index in [1.807, 2.05) is 0 Å². The summed E-state index contributed by atoms with van der Waals surface area (Å²) in [6.45, 7) is 2.98. The van der Waals surface area contributed by atoms with Gasteiger partial charge in [-0.15, -0.1) is 0 Å². The third kappa shape index (κ3) is 21.2. The molecule has 6 N–H and O–H groups in total. The Morgan fingerprint density at radius 3 is 2.12 bits per heavy atom. The molecule has 0 aromatic rings. The molecule has 5 nitrogen and oxygen atoms in total. The molecule has 0 heterocycles.